The minimum Gasteiger partial charge on any atom is -0.405 e. The average Bonchev–Trinajstić information content (AvgIpc) is 2.97. The molecular weight excluding hydrogens is 552 g/mol. The quantitative estimate of drug-likeness (QED) is 0.325. The fourth-order valence-electron chi connectivity index (χ4n) is 4.51. The van der Waals surface area contributed by atoms with Gasteiger partial charge >= 0.3 is 0 Å². The Labute approximate surface area is 246 Å². The van der Waals surface area contributed by atoms with Crippen molar-refractivity contribution in [3.05, 3.63) is 114 Å². The summed E-state index contributed by atoms with van der Waals surface area (Å²) < 4.78 is 28.2. The fraction of sp³-hybridized carbons (Fsp3) is 0.194. The smallest absolute Gasteiger partial charge is 0.262 e. The summed E-state index contributed by atoms with van der Waals surface area (Å²) in [6, 6.07) is 20.6. The molecule has 11 heteroatoms. The summed E-state index contributed by atoms with van der Waals surface area (Å²) in [5, 5.41) is 3.11. The number of carbonyl (C=O) groups excluding carboxylic acids is 2. The van der Waals surface area contributed by atoms with Crippen LogP contribution in [0.4, 0.5) is 11.4 Å². The van der Waals surface area contributed by atoms with E-state index in [1.807, 2.05) is 0 Å². The summed E-state index contributed by atoms with van der Waals surface area (Å²) in [4.78, 5) is 32.7. The lowest BCUT2D eigenvalue weighted by Gasteiger charge is -2.34. The van der Waals surface area contributed by atoms with Crippen molar-refractivity contribution in [2.24, 2.45) is 10.7 Å². The van der Waals surface area contributed by atoms with Crippen molar-refractivity contribution in [2.75, 3.05) is 36.2 Å². The summed E-state index contributed by atoms with van der Waals surface area (Å²) in [6.45, 7) is 9.33. The third kappa shape index (κ3) is 7.43. The highest BCUT2D eigenvalue weighted by molar-refractivity contribution is 7.92. The molecule has 3 aromatic carbocycles. The van der Waals surface area contributed by atoms with Gasteiger partial charge < -0.3 is 20.9 Å². The molecule has 1 heterocycles. The van der Waals surface area contributed by atoms with Gasteiger partial charge in [0.25, 0.3) is 15.9 Å². The minimum absolute atomic E-state index is 0.0175. The van der Waals surface area contributed by atoms with E-state index in [1.54, 1.807) is 95.6 Å². The zero-order valence-corrected chi connectivity index (χ0v) is 24.4. The van der Waals surface area contributed by atoms with Crippen LogP contribution < -0.4 is 15.8 Å². The Kier molecular flexibility index (Phi) is 9.43. The van der Waals surface area contributed by atoms with Crippen molar-refractivity contribution < 1.29 is 18.0 Å². The number of amides is 2. The van der Waals surface area contributed by atoms with Gasteiger partial charge in [-0.15, -0.1) is 0 Å². The Hall–Kier alpha value is -4.90. The van der Waals surface area contributed by atoms with Crippen LogP contribution in [0.2, 0.25) is 0 Å². The zero-order chi connectivity index (χ0) is 30.3. The molecule has 42 heavy (non-hydrogen) atoms. The van der Waals surface area contributed by atoms with Gasteiger partial charge in [0.05, 0.1) is 10.6 Å². The van der Waals surface area contributed by atoms with Gasteiger partial charge in [0.2, 0.25) is 5.91 Å². The predicted octanol–water partition coefficient (Wildman–Crippen LogP) is 3.94. The number of nitrogens with zero attached hydrogens (tertiary/aromatic N) is 3. The van der Waals surface area contributed by atoms with Crippen LogP contribution in [-0.2, 0) is 14.8 Å². The van der Waals surface area contributed by atoms with Crippen LogP contribution in [0.15, 0.2) is 107 Å². The molecule has 0 atom stereocenters. The Morgan fingerprint density at radius 1 is 0.881 bits per heavy atom. The molecule has 4 rings (SSSR count). The molecule has 0 spiro atoms. The molecule has 1 aliphatic heterocycles. The van der Waals surface area contributed by atoms with Gasteiger partial charge in [0, 0.05) is 55.6 Å². The topological polar surface area (TPSA) is 137 Å². The predicted molar refractivity (Wildman–Crippen MR) is 166 cm³/mol. The largest absolute Gasteiger partial charge is 0.405 e. The molecule has 1 saturated heterocycles. The Balaban J connectivity index is 1.40. The van der Waals surface area contributed by atoms with E-state index < -0.39 is 10.0 Å². The van der Waals surface area contributed by atoms with Crippen LogP contribution in [0, 0.1) is 6.92 Å². The maximum Gasteiger partial charge on any atom is 0.262 e. The number of carbonyl (C=O) groups is 2. The standard InChI is InChI=1S/C31H34N6O4S/c1-22-6-4-5-7-30(22)42(40,41)35-28-14-8-25(9-15-28)29(16-17-32)34-23(2)33-27-12-10-26(11-13-27)31(39)37-20-18-36(19-21-37)24(3)38/h4-17,33,35H,2,18-21,32H2,1,3H3/b17-16-,34-29+. The summed E-state index contributed by atoms with van der Waals surface area (Å²) in [5.41, 5.74) is 9.18. The lowest BCUT2D eigenvalue weighted by molar-refractivity contribution is -0.130. The molecule has 0 aliphatic carbocycles. The SMILES string of the molecule is C=C(/N=C(\C=C/N)c1ccc(NS(=O)(=O)c2ccccc2C)cc1)Nc1ccc(C(=O)N2CCN(C(C)=O)CC2)cc1. The molecule has 0 aromatic heterocycles. The Bertz CT molecular complexity index is 1620. The average molecular weight is 587 g/mol. The number of hydrogen-bond donors (Lipinski definition) is 3. The number of nitrogens with one attached hydrogen (secondary N) is 2. The third-order valence-electron chi connectivity index (χ3n) is 6.76. The number of hydrogen-bond acceptors (Lipinski definition) is 7. The van der Waals surface area contributed by atoms with Crippen LogP contribution in [0.1, 0.15) is 28.4 Å². The van der Waals surface area contributed by atoms with Crippen LogP contribution in [0.3, 0.4) is 0 Å². The van der Waals surface area contributed by atoms with E-state index in [4.69, 9.17) is 5.73 Å². The number of aryl methyl sites for hydroxylation is 1. The molecule has 10 nitrogen and oxygen atoms in total. The first-order valence-corrected chi connectivity index (χ1v) is 14.8. The highest BCUT2D eigenvalue weighted by atomic mass is 32.2. The van der Waals surface area contributed by atoms with E-state index in [9.17, 15) is 18.0 Å². The van der Waals surface area contributed by atoms with E-state index in [1.165, 1.54) is 13.1 Å². The van der Waals surface area contributed by atoms with Crippen LogP contribution >= 0.6 is 0 Å². The minimum atomic E-state index is -3.74. The summed E-state index contributed by atoms with van der Waals surface area (Å²) in [7, 11) is -3.74. The maximum atomic E-state index is 12.9. The lowest BCUT2D eigenvalue weighted by atomic mass is 10.1. The highest BCUT2D eigenvalue weighted by Crippen LogP contribution is 2.21. The molecule has 1 aliphatic rings. The van der Waals surface area contributed by atoms with Gasteiger partial charge in [-0.3, -0.25) is 14.3 Å². The zero-order valence-electron chi connectivity index (χ0n) is 23.6. The molecule has 3 aromatic rings. The van der Waals surface area contributed by atoms with Gasteiger partial charge in [0.15, 0.2) is 0 Å². The number of piperazine rings is 1. The number of anilines is 2. The number of sulfonamides is 1. The molecule has 2 amide bonds. The van der Waals surface area contributed by atoms with E-state index >= 15 is 0 Å². The first-order chi connectivity index (χ1) is 20.1. The number of benzene rings is 3. The monoisotopic (exact) mass is 586 g/mol. The van der Waals surface area contributed by atoms with E-state index in [0.29, 0.717) is 65.8 Å². The second kappa shape index (κ2) is 13.2. The molecule has 218 valence electrons. The first kappa shape index (κ1) is 30.1. The van der Waals surface area contributed by atoms with Crippen LogP contribution in [0.5, 0.6) is 0 Å². The normalized spacial score (nSPS) is 14.1. The molecule has 0 bridgehead atoms. The second-order valence-corrected chi connectivity index (χ2v) is 11.4. The highest BCUT2D eigenvalue weighted by Gasteiger charge is 2.23. The van der Waals surface area contributed by atoms with Gasteiger partial charge in [-0.2, -0.15) is 0 Å². The molecule has 0 unspecified atom stereocenters. The van der Waals surface area contributed by atoms with Crippen molar-refractivity contribution in [2.45, 2.75) is 18.7 Å². The maximum absolute atomic E-state index is 12.9. The van der Waals surface area contributed by atoms with Gasteiger partial charge in [0.1, 0.15) is 5.82 Å². The van der Waals surface area contributed by atoms with Crippen molar-refractivity contribution >= 4 is 38.9 Å². The van der Waals surface area contributed by atoms with E-state index in [0.717, 1.165) is 0 Å². The first-order valence-electron chi connectivity index (χ1n) is 13.3. The van der Waals surface area contributed by atoms with Gasteiger partial charge in [-0.05, 0) is 67.2 Å². The number of aliphatic imine (C=N–C) groups is 1. The summed E-state index contributed by atoms with van der Waals surface area (Å²) in [5.74, 6) is 0.275. The van der Waals surface area contributed by atoms with Gasteiger partial charge in [-0.25, -0.2) is 13.4 Å². The number of rotatable bonds is 9. The summed E-state index contributed by atoms with van der Waals surface area (Å²) >= 11 is 0. The Morgan fingerprint density at radius 2 is 1.45 bits per heavy atom. The second-order valence-electron chi connectivity index (χ2n) is 9.75. The number of nitrogens with two attached hydrogens (primary N) is 1. The van der Waals surface area contributed by atoms with Crippen molar-refractivity contribution in [3.63, 3.8) is 0 Å². The van der Waals surface area contributed by atoms with Gasteiger partial charge in [-0.1, -0.05) is 36.9 Å². The van der Waals surface area contributed by atoms with Crippen molar-refractivity contribution in [1.82, 2.24) is 9.80 Å². The lowest BCUT2D eigenvalue weighted by Crippen LogP contribution is -2.50. The van der Waals surface area contributed by atoms with Crippen molar-refractivity contribution in [1.29, 1.82) is 0 Å². The van der Waals surface area contributed by atoms with Crippen molar-refractivity contribution in [3.8, 4) is 0 Å². The Morgan fingerprint density at radius 3 is 2.05 bits per heavy atom. The van der Waals surface area contributed by atoms with Crippen LogP contribution in [0.25, 0.3) is 0 Å². The molecule has 1 fully saturated rings. The van der Waals surface area contributed by atoms with E-state index in [-0.39, 0.29) is 16.7 Å². The number of allylic oxidation sites excluding steroid dienone is 1. The summed E-state index contributed by atoms with van der Waals surface area (Å²) in [6.07, 6.45) is 2.98. The molecule has 0 radical (unpaired) electrons. The fourth-order valence-corrected chi connectivity index (χ4v) is 5.82. The molecular formula is C31H34N6O4S. The van der Waals surface area contributed by atoms with Crippen LogP contribution in [-0.4, -0.2) is 61.9 Å². The van der Waals surface area contributed by atoms with E-state index in [2.05, 4.69) is 21.6 Å². The third-order valence-corrected chi connectivity index (χ3v) is 8.30. The molecule has 4 N–H and O–H groups in total. The molecule has 0 saturated carbocycles.